The van der Waals surface area contributed by atoms with Gasteiger partial charge in [0.2, 0.25) is 5.75 Å². The van der Waals surface area contributed by atoms with Crippen molar-refractivity contribution in [3.05, 3.63) is 59.7 Å². The van der Waals surface area contributed by atoms with Gasteiger partial charge < -0.3 is 14.6 Å². The minimum absolute atomic E-state index is 0.00649. The number of aromatic hydroxyl groups is 1. The molecule has 5 rings (SSSR count). The van der Waals surface area contributed by atoms with Gasteiger partial charge in [-0.25, -0.2) is 4.98 Å². The maximum Gasteiger partial charge on any atom is 0.200 e. The van der Waals surface area contributed by atoms with Crippen LogP contribution < -0.4 is 9.47 Å². The Bertz CT molecular complexity index is 1290. The Morgan fingerprint density at radius 3 is 2.47 bits per heavy atom. The fourth-order valence-electron chi connectivity index (χ4n) is 4.95. The van der Waals surface area contributed by atoms with Crippen molar-refractivity contribution in [2.75, 3.05) is 27.3 Å². The lowest BCUT2D eigenvalue weighted by atomic mass is 9.89. The van der Waals surface area contributed by atoms with E-state index in [1.165, 1.54) is 27.3 Å². The second kappa shape index (κ2) is 8.32. The topological polar surface area (TPSA) is 54.8 Å². The second-order valence-corrected chi connectivity index (χ2v) is 8.35. The highest BCUT2D eigenvalue weighted by Crippen LogP contribution is 2.43. The van der Waals surface area contributed by atoms with E-state index < -0.39 is 0 Å². The number of rotatable bonds is 5. The fraction of sp³-hybridized carbons (Fsp3) is 0.296. The number of aromatic nitrogens is 1. The van der Waals surface area contributed by atoms with Crippen LogP contribution in [0.15, 0.2) is 48.5 Å². The van der Waals surface area contributed by atoms with E-state index in [4.69, 9.17) is 14.5 Å². The highest BCUT2D eigenvalue weighted by molar-refractivity contribution is 6.09. The number of phenolic OH excluding ortho intramolecular Hbond substituents is 1. The summed E-state index contributed by atoms with van der Waals surface area (Å²) in [5, 5.41) is 14.2. The lowest BCUT2D eigenvalue weighted by Gasteiger charge is -2.31. The molecule has 5 nitrogen and oxygen atoms in total. The number of methoxy groups -OCH3 is 2. The van der Waals surface area contributed by atoms with Crippen molar-refractivity contribution in [1.82, 2.24) is 9.88 Å². The lowest BCUT2D eigenvalue weighted by Crippen LogP contribution is -2.32. The molecule has 5 heteroatoms. The van der Waals surface area contributed by atoms with Gasteiger partial charge in [0.15, 0.2) is 11.5 Å². The first-order valence-corrected chi connectivity index (χ1v) is 11.2. The summed E-state index contributed by atoms with van der Waals surface area (Å²) in [6, 6.07) is 16.5. The van der Waals surface area contributed by atoms with E-state index in [-0.39, 0.29) is 5.75 Å². The van der Waals surface area contributed by atoms with E-state index in [0.29, 0.717) is 11.5 Å². The largest absolute Gasteiger partial charge is 0.502 e. The molecule has 0 fully saturated rings. The van der Waals surface area contributed by atoms with Gasteiger partial charge in [0.25, 0.3) is 0 Å². The molecule has 0 spiro atoms. The van der Waals surface area contributed by atoms with Gasteiger partial charge in [-0.1, -0.05) is 37.3 Å². The fourth-order valence-corrected chi connectivity index (χ4v) is 4.95. The Kier molecular flexibility index (Phi) is 5.35. The molecule has 2 heterocycles. The van der Waals surface area contributed by atoms with Gasteiger partial charge in [0.05, 0.1) is 25.4 Å². The van der Waals surface area contributed by atoms with E-state index in [1.807, 2.05) is 12.1 Å². The van der Waals surface area contributed by atoms with Crippen LogP contribution in [0.4, 0.5) is 0 Å². The zero-order chi connectivity index (χ0) is 22.2. The number of hydrogen-bond donors (Lipinski definition) is 1. The molecule has 0 saturated heterocycles. The van der Waals surface area contributed by atoms with Gasteiger partial charge in [-0.3, -0.25) is 4.90 Å². The summed E-state index contributed by atoms with van der Waals surface area (Å²) in [6.07, 6.45) is 2.11. The second-order valence-electron chi connectivity index (χ2n) is 8.35. The van der Waals surface area contributed by atoms with Crippen LogP contribution in [0.25, 0.3) is 32.9 Å². The SMILES string of the molecule is CCCN1CCc2c(c(-c3cc(OC)c(O)c(OC)c3)nc3ccc4ccccc4c23)C1. The summed E-state index contributed by atoms with van der Waals surface area (Å²) < 4.78 is 10.9. The number of benzene rings is 3. The number of fused-ring (bicyclic) bond motifs is 5. The average molecular weight is 429 g/mol. The third-order valence-electron chi connectivity index (χ3n) is 6.44. The van der Waals surface area contributed by atoms with Gasteiger partial charge in [0.1, 0.15) is 0 Å². The van der Waals surface area contributed by atoms with Gasteiger partial charge in [-0.05, 0) is 59.5 Å². The normalized spacial score (nSPS) is 14.0. The molecule has 1 N–H and O–H groups in total. The van der Waals surface area contributed by atoms with Crippen LogP contribution in [0.1, 0.15) is 24.5 Å². The molecular formula is C27H28N2O3. The van der Waals surface area contributed by atoms with Crippen molar-refractivity contribution in [3.63, 3.8) is 0 Å². The van der Waals surface area contributed by atoms with Crippen LogP contribution in [0, 0.1) is 0 Å². The molecule has 164 valence electrons. The number of hydrogen-bond acceptors (Lipinski definition) is 5. The van der Waals surface area contributed by atoms with Crippen molar-refractivity contribution in [2.24, 2.45) is 0 Å². The van der Waals surface area contributed by atoms with Crippen LogP contribution in [0.5, 0.6) is 17.2 Å². The minimum atomic E-state index is 0.00649. The Labute approximate surface area is 188 Å². The zero-order valence-electron chi connectivity index (χ0n) is 18.8. The van der Waals surface area contributed by atoms with Crippen LogP contribution in [-0.4, -0.2) is 42.3 Å². The molecule has 3 aromatic carbocycles. The summed E-state index contributed by atoms with van der Waals surface area (Å²) in [5.41, 5.74) is 5.44. The van der Waals surface area contributed by atoms with E-state index in [1.54, 1.807) is 14.2 Å². The molecular weight excluding hydrogens is 400 g/mol. The van der Waals surface area contributed by atoms with Crippen LogP contribution >= 0.6 is 0 Å². The maximum absolute atomic E-state index is 10.4. The van der Waals surface area contributed by atoms with E-state index in [2.05, 4.69) is 48.2 Å². The molecule has 0 aliphatic carbocycles. The Balaban J connectivity index is 1.82. The molecule has 0 saturated carbocycles. The molecule has 1 aliphatic rings. The third kappa shape index (κ3) is 3.33. The molecule has 32 heavy (non-hydrogen) atoms. The molecule has 1 aromatic heterocycles. The van der Waals surface area contributed by atoms with Crippen LogP contribution in [-0.2, 0) is 13.0 Å². The van der Waals surface area contributed by atoms with Gasteiger partial charge >= 0.3 is 0 Å². The van der Waals surface area contributed by atoms with Crippen LogP contribution in [0.3, 0.4) is 0 Å². The first kappa shape index (κ1) is 20.6. The van der Waals surface area contributed by atoms with E-state index >= 15 is 0 Å². The average Bonchev–Trinajstić information content (AvgIpc) is 2.83. The summed E-state index contributed by atoms with van der Waals surface area (Å²) in [4.78, 5) is 7.66. The number of pyridine rings is 1. The standard InChI is InChI=1S/C27H28N2O3/c1-4-12-29-13-11-20-21(16-29)26(18-14-23(31-2)27(30)24(15-18)32-3)28-22-10-9-17-7-5-6-8-19(17)25(20)22/h5-10,14-15,30H,4,11-13,16H2,1-3H3. The first-order valence-electron chi connectivity index (χ1n) is 11.2. The number of ether oxygens (including phenoxy) is 2. The predicted molar refractivity (Wildman–Crippen MR) is 129 cm³/mol. The predicted octanol–water partition coefficient (Wildman–Crippen LogP) is 5.55. The maximum atomic E-state index is 10.4. The smallest absolute Gasteiger partial charge is 0.200 e. The van der Waals surface area contributed by atoms with Crippen LogP contribution in [0.2, 0.25) is 0 Å². The lowest BCUT2D eigenvalue weighted by molar-refractivity contribution is 0.255. The molecule has 4 aromatic rings. The molecule has 0 bridgehead atoms. The highest BCUT2D eigenvalue weighted by atomic mass is 16.5. The first-order chi connectivity index (χ1) is 15.6. The van der Waals surface area contributed by atoms with Gasteiger partial charge in [-0.2, -0.15) is 0 Å². The summed E-state index contributed by atoms with van der Waals surface area (Å²) in [6.45, 7) is 5.19. The zero-order valence-corrected chi connectivity index (χ0v) is 18.8. The van der Waals surface area contributed by atoms with Crippen molar-refractivity contribution < 1.29 is 14.6 Å². The van der Waals surface area contributed by atoms with Gasteiger partial charge in [0, 0.05) is 24.0 Å². The van der Waals surface area contributed by atoms with Crippen molar-refractivity contribution in [1.29, 1.82) is 0 Å². The minimum Gasteiger partial charge on any atom is -0.502 e. The van der Waals surface area contributed by atoms with E-state index in [9.17, 15) is 5.11 Å². The molecule has 0 radical (unpaired) electrons. The number of nitrogens with zero attached hydrogens (tertiary/aromatic N) is 2. The molecule has 1 aliphatic heterocycles. The monoisotopic (exact) mass is 428 g/mol. The van der Waals surface area contributed by atoms with Crippen molar-refractivity contribution >= 4 is 21.7 Å². The molecule has 0 amide bonds. The molecule has 0 atom stereocenters. The highest BCUT2D eigenvalue weighted by Gasteiger charge is 2.25. The van der Waals surface area contributed by atoms with Crippen molar-refractivity contribution in [2.45, 2.75) is 26.3 Å². The van der Waals surface area contributed by atoms with Crippen molar-refractivity contribution in [3.8, 4) is 28.5 Å². The summed E-state index contributed by atoms with van der Waals surface area (Å²) in [5.74, 6) is 0.775. The Morgan fingerprint density at radius 2 is 1.75 bits per heavy atom. The Morgan fingerprint density at radius 1 is 1.00 bits per heavy atom. The summed E-state index contributed by atoms with van der Waals surface area (Å²) >= 11 is 0. The molecule has 0 unspecified atom stereocenters. The number of phenols is 1. The Hall–Kier alpha value is -3.31. The van der Waals surface area contributed by atoms with E-state index in [0.717, 1.165) is 49.2 Å². The quantitative estimate of drug-likeness (QED) is 0.423. The third-order valence-corrected chi connectivity index (χ3v) is 6.44. The summed E-state index contributed by atoms with van der Waals surface area (Å²) in [7, 11) is 3.10. The van der Waals surface area contributed by atoms with Gasteiger partial charge in [-0.15, -0.1) is 0 Å².